The van der Waals surface area contributed by atoms with Gasteiger partial charge in [0.1, 0.15) is 29.5 Å². The molecule has 1 aromatic heterocycles. The third-order valence-electron chi connectivity index (χ3n) is 6.14. The number of para-hydroxylation sites is 2. The summed E-state index contributed by atoms with van der Waals surface area (Å²) in [6.07, 6.45) is 5.65. The molecule has 1 aliphatic heterocycles. The van der Waals surface area contributed by atoms with Crippen molar-refractivity contribution in [2.24, 2.45) is 5.92 Å². The molecule has 35 heavy (non-hydrogen) atoms. The van der Waals surface area contributed by atoms with Gasteiger partial charge in [-0.25, -0.2) is 9.97 Å². The van der Waals surface area contributed by atoms with Gasteiger partial charge in [-0.05, 0) is 36.8 Å². The van der Waals surface area contributed by atoms with Crippen LogP contribution >= 0.6 is 11.8 Å². The summed E-state index contributed by atoms with van der Waals surface area (Å²) in [6.45, 7) is 3.02. The SMILES string of the molecule is CSc1ncc2c(n1)N(C)CCN(c1ccccc1OC(CCC(C)C=O)c1ccccc1)C2=O. The number of hydrogen-bond acceptors (Lipinski definition) is 7. The number of aromatic nitrogens is 2. The molecule has 2 atom stereocenters. The van der Waals surface area contributed by atoms with E-state index in [2.05, 4.69) is 9.97 Å². The van der Waals surface area contributed by atoms with Crippen molar-refractivity contribution in [3.8, 4) is 5.75 Å². The number of anilines is 2. The average molecular weight is 491 g/mol. The average Bonchev–Trinajstić information content (AvgIpc) is 3.02. The molecule has 182 valence electrons. The number of carbonyl (C=O) groups is 2. The molecule has 2 aromatic carbocycles. The van der Waals surface area contributed by atoms with Crippen LogP contribution in [0.4, 0.5) is 11.5 Å². The van der Waals surface area contributed by atoms with Gasteiger partial charge < -0.3 is 19.3 Å². The maximum absolute atomic E-state index is 13.7. The van der Waals surface area contributed by atoms with Gasteiger partial charge in [0, 0.05) is 32.3 Å². The van der Waals surface area contributed by atoms with E-state index in [4.69, 9.17) is 4.74 Å². The Balaban J connectivity index is 1.67. The third kappa shape index (κ3) is 5.65. The summed E-state index contributed by atoms with van der Waals surface area (Å²) < 4.78 is 6.56. The lowest BCUT2D eigenvalue weighted by atomic mass is 9.99. The predicted molar refractivity (Wildman–Crippen MR) is 139 cm³/mol. The minimum absolute atomic E-state index is 0.0505. The Morgan fingerprint density at radius 1 is 1.09 bits per heavy atom. The number of likely N-dealkylation sites (N-methyl/N-ethyl adjacent to an activating group) is 1. The molecule has 0 fully saturated rings. The van der Waals surface area contributed by atoms with E-state index < -0.39 is 0 Å². The zero-order valence-electron chi connectivity index (χ0n) is 20.3. The van der Waals surface area contributed by atoms with Crippen molar-refractivity contribution in [2.45, 2.75) is 31.0 Å². The van der Waals surface area contributed by atoms with Gasteiger partial charge in [-0.15, -0.1) is 0 Å². The molecule has 1 aliphatic rings. The first-order valence-corrected chi connectivity index (χ1v) is 12.9. The van der Waals surface area contributed by atoms with Crippen molar-refractivity contribution in [2.75, 3.05) is 36.2 Å². The van der Waals surface area contributed by atoms with Gasteiger partial charge in [0.25, 0.3) is 5.91 Å². The van der Waals surface area contributed by atoms with Gasteiger partial charge in [0.05, 0.1) is 5.69 Å². The van der Waals surface area contributed by atoms with Crippen LogP contribution in [0.2, 0.25) is 0 Å². The predicted octanol–water partition coefficient (Wildman–Crippen LogP) is 5.03. The summed E-state index contributed by atoms with van der Waals surface area (Å²) in [7, 11) is 1.94. The number of nitrogens with zero attached hydrogens (tertiary/aromatic N) is 4. The van der Waals surface area contributed by atoms with Gasteiger partial charge in [-0.3, -0.25) is 4.79 Å². The van der Waals surface area contributed by atoms with Gasteiger partial charge in [-0.2, -0.15) is 0 Å². The van der Waals surface area contributed by atoms with Crippen molar-refractivity contribution < 1.29 is 14.3 Å². The van der Waals surface area contributed by atoms with E-state index in [0.717, 1.165) is 11.8 Å². The van der Waals surface area contributed by atoms with Crippen LogP contribution in [0, 0.1) is 5.92 Å². The minimum atomic E-state index is -0.246. The van der Waals surface area contributed by atoms with Crippen molar-refractivity contribution >= 4 is 35.5 Å². The summed E-state index contributed by atoms with van der Waals surface area (Å²) in [5, 5.41) is 0.635. The molecule has 0 aliphatic carbocycles. The summed E-state index contributed by atoms with van der Waals surface area (Å²) >= 11 is 1.45. The first kappa shape index (κ1) is 24.7. The van der Waals surface area contributed by atoms with E-state index in [0.29, 0.717) is 53.9 Å². The van der Waals surface area contributed by atoms with E-state index >= 15 is 0 Å². The molecule has 0 spiro atoms. The first-order valence-electron chi connectivity index (χ1n) is 11.7. The summed E-state index contributed by atoms with van der Waals surface area (Å²) in [5.41, 5.74) is 2.21. The van der Waals surface area contributed by atoms with E-state index in [-0.39, 0.29) is 17.9 Å². The van der Waals surface area contributed by atoms with Crippen LogP contribution < -0.4 is 14.5 Å². The molecule has 1 amide bonds. The second-order valence-corrected chi connectivity index (χ2v) is 9.42. The fourth-order valence-electron chi connectivity index (χ4n) is 4.11. The largest absolute Gasteiger partial charge is 0.484 e. The van der Waals surface area contributed by atoms with Crippen LogP contribution in [0.25, 0.3) is 0 Å². The Morgan fingerprint density at radius 3 is 2.57 bits per heavy atom. The fraction of sp³-hybridized carbons (Fsp3) is 0.333. The summed E-state index contributed by atoms with van der Waals surface area (Å²) in [4.78, 5) is 37.5. The highest BCUT2D eigenvalue weighted by Gasteiger charge is 2.30. The lowest BCUT2D eigenvalue weighted by Crippen LogP contribution is -2.34. The molecule has 0 saturated carbocycles. The molecule has 7 nitrogen and oxygen atoms in total. The number of thioether (sulfide) groups is 1. The van der Waals surface area contributed by atoms with Crippen LogP contribution in [0.5, 0.6) is 5.75 Å². The van der Waals surface area contributed by atoms with Crippen LogP contribution in [0.3, 0.4) is 0 Å². The summed E-state index contributed by atoms with van der Waals surface area (Å²) in [6, 6.07) is 17.6. The molecule has 0 saturated heterocycles. The zero-order chi connectivity index (χ0) is 24.8. The van der Waals surface area contributed by atoms with E-state index in [1.165, 1.54) is 11.8 Å². The molecular formula is C27H30N4O3S. The molecule has 3 aromatic rings. The molecule has 2 unspecified atom stereocenters. The Kier molecular flexibility index (Phi) is 8.02. The zero-order valence-corrected chi connectivity index (χ0v) is 21.1. The van der Waals surface area contributed by atoms with Crippen molar-refractivity contribution in [3.05, 3.63) is 71.9 Å². The number of hydrogen-bond donors (Lipinski definition) is 0. The normalized spacial score (nSPS) is 15.2. The number of aldehydes is 1. The smallest absolute Gasteiger partial charge is 0.263 e. The molecule has 0 radical (unpaired) electrons. The van der Waals surface area contributed by atoms with Crippen LogP contribution in [-0.2, 0) is 4.79 Å². The molecule has 4 rings (SSSR count). The number of benzene rings is 2. The number of rotatable bonds is 9. The quantitative estimate of drug-likeness (QED) is 0.237. The minimum Gasteiger partial charge on any atom is -0.484 e. The first-order chi connectivity index (χ1) is 17.0. The van der Waals surface area contributed by atoms with Gasteiger partial charge >= 0.3 is 0 Å². The highest BCUT2D eigenvalue weighted by Crippen LogP contribution is 2.36. The Bertz CT molecular complexity index is 1170. The second-order valence-electron chi connectivity index (χ2n) is 8.65. The van der Waals surface area contributed by atoms with Gasteiger partial charge in [-0.1, -0.05) is 61.2 Å². The molecule has 8 heteroatoms. The molecule has 2 heterocycles. The fourth-order valence-corrected chi connectivity index (χ4v) is 4.44. The number of ether oxygens (including phenoxy) is 1. The van der Waals surface area contributed by atoms with Crippen LogP contribution in [0.1, 0.15) is 41.8 Å². The monoisotopic (exact) mass is 490 g/mol. The number of amides is 1. The number of carbonyl (C=O) groups excluding carboxylic acids is 2. The Hall–Kier alpha value is -3.39. The standard InChI is InChI=1S/C27H30N4O3S/c1-19(18-32)13-14-23(20-9-5-4-6-10-20)34-24-12-8-7-11-22(24)31-16-15-30(2)25-21(26(31)33)17-28-27(29-25)35-3/h4-12,17-19,23H,13-16H2,1-3H3. The highest BCUT2D eigenvalue weighted by molar-refractivity contribution is 7.98. The van der Waals surface area contributed by atoms with Crippen LogP contribution in [0.15, 0.2) is 66.0 Å². The van der Waals surface area contributed by atoms with E-state index in [9.17, 15) is 9.59 Å². The van der Waals surface area contributed by atoms with Gasteiger partial charge in [0.15, 0.2) is 5.16 Å². The summed E-state index contributed by atoms with van der Waals surface area (Å²) in [5.74, 6) is 1.06. The molecule has 0 N–H and O–H groups in total. The molecular weight excluding hydrogens is 460 g/mol. The number of fused-ring (bicyclic) bond motifs is 1. The Morgan fingerprint density at radius 2 is 1.83 bits per heavy atom. The maximum atomic E-state index is 13.7. The lowest BCUT2D eigenvalue weighted by molar-refractivity contribution is -0.110. The topological polar surface area (TPSA) is 75.6 Å². The van der Waals surface area contributed by atoms with Crippen molar-refractivity contribution in [1.29, 1.82) is 0 Å². The van der Waals surface area contributed by atoms with Crippen LogP contribution in [-0.4, -0.2) is 48.6 Å². The highest BCUT2D eigenvalue weighted by atomic mass is 32.2. The maximum Gasteiger partial charge on any atom is 0.263 e. The van der Waals surface area contributed by atoms with E-state index in [1.807, 2.05) is 79.7 Å². The Labute approximate surface area is 210 Å². The van der Waals surface area contributed by atoms with Crippen molar-refractivity contribution in [3.63, 3.8) is 0 Å². The lowest BCUT2D eigenvalue weighted by Gasteiger charge is -2.27. The molecule has 0 bridgehead atoms. The third-order valence-corrected chi connectivity index (χ3v) is 6.70. The second kappa shape index (κ2) is 11.4. The van der Waals surface area contributed by atoms with E-state index in [1.54, 1.807) is 11.1 Å². The van der Waals surface area contributed by atoms with Crippen molar-refractivity contribution in [1.82, 2.24) is 9.97 Å². The van der Waals surface area contributed by atoms with Gasteiger partial charge in [0.2, 0.25) is 0 Å².